The third-order valence-corrected chi connectivity index (χ3v) is 2.16. The SMILES string of the molecule is CCc1cc2cccc(OC(C)=O)c2o1. The lowest BCUT2D eigenvalue weighted by molar-refractivity contribution is -0.131. The summed E-state index contributed by atoms with van der Waals surface area (Å²) in [7, 11) is 0. The number of hydrogen-bond acceptors (Lipinski definition) is 3. The fraction of sp³-hybridized carbons (Fsp3) is 0.250. The quantitative estimate of drug-likeness (QED) is 0.557. The van der Waals surface area contributed by atoms with Gasteiger partial charge >= 0.3 is 5.97 Å². The van der Waals surface area contributed by atoms with Gasteiger partial charge in [0.15, 0.2) is 11.3 Å². The van der Waals surface area contributed by atoms with Crippen LogP contribution in [0.1, 0.15) is 19.6 Å². The minimum atomic E-state index is -0.336. The molecule has 3 heteroatoms. The second-order valence-corrected chi connectivity index (χ2v) is 3.33. The predicted octanol–water partition coefficient (Wildman–Crippen LogP) is 2.92. The zero-order valence-electron chi connectivity index (χ0n) is 8.74. The minimum Gasteiger partial charge on any atom is -0.457 e. The van der Waals surface area contributed by atoms with Crippen LogP contribution in [0.2, 0.25) is 0 Å². The van der Waals surface area contributed by atoms with Gasteiger partial charge in [-0.05, 0) is 12.1 Å². The van der Waals surface area contributed by atoms with E-state index in [0.717, 1.165) is 17.6 Å². The third-order valence-electron chi connectivity index (χ3n) is 2.16. The number of fused-ring (bicyclic) bond motifs is 1. The largest absolute Gasteiger partial charge is 0.457 e. The van der Waals surface area contributed by atoms with E-state index in [2.05, 4.69) is 0 Å². The molecule has 0 saturated carbocycles. The maximum absolute atomic E-state index is 10.9. The first kappa shape index (κ1) is 9.77. The van der Waals surface area contributed by atoms with Gasteiger partial charge in [0.2, 0.25) is 0 Å². The number of furan rings is 1. The number of esters is 1. The zero-order valence-corrected chi connectivity index (χ0v) is 8.74. The van der Waals surface area contributed by atoms with Crippen LogP contribution in [-0.2, 0) is 11.2 Å². The molecule has 0 unspecified atom stereocenters. The number of carbonyl (C=O) groups excluding carboxylic acids is 1. The van der Waals surface area contributed by atoms with E-state index in [1.165, 1.54) is 6.92 Å². The summed E-state index contributed by atoms with van der Waals surface area (Å²) in [5, 5.41) is 0.964. The smallest absolute Gasteiger partial charge is 0.308 e. The van der Waals surface area contributed by atoms with Crippen LogP contribution in [0.15, 0.2) is 28.7 Å². The first-order chi connectivity index (χ1) is 7.20. The molecule has 0 fully saturated rings. The number of ether oxygens (including phenoxy) is 1. The molecule has 2 aromatic rings. The van der Waals surface area contributed by atoms with E-state index in [0.29, 0.717) is 11.3 Å². The fourth-order valence-corrected chi connectivity index (χ4v) is 1.50. The molecular formula is C12H12O3. The van der Waals surface area contributed by atoms with Crippen molar-refractivity contribution in [1.82, 2.24) is 0 Å². The molecule has 1 heterocycles. The molecule has 0 N–H and O–H groups in total. The number of aryl methyl sites for hydroxylation is 1. The van der Waals surface area contributed by atoms with Gasteiger partial charge in [0.1, 0.15) is 5.76 Å². The Labute approximate surface area is 87.6 Å². The van der Waals surface area contributed by atoms with E-state index in [-0.39, 0.29) is 5.97 Å². The maximum Gasteiger partial charge on any atom is 0.308 e. The van der Waals surface area contributed by atoms with Crippen molar-refractivity contribution < 1.29 is 13.9 Å². The average molecular weight is 204 g/mol. The van der Waals surface area contributed by atoms with Crippen LogP contribution in [0, 0.1) is 0 Å². The Hall–Kier alpha value is -1.77. The predicted molar refractivity (Wildman–Crippen MR) is 56.9 cm³/mol. The molecule has 2 rings (SSSR count). The number of rotatable bonds is 2. The van der Waals surface area contributed by atoms with Gasteiger partial charge in [0, 0.05) is 18.7 Å². The Balaban J connectivity index is 2.54. The Kier molecular flexibility index (Phi) is 2.46. The molecule has 1 aromatic heterocycles. The van der Waals surface area contributed by atoms with Gasteiger partial charge in [-0.2, -0.15) is 0 Å². The normalized spacial score (nSPS) is 10.5. The average Bonchev–Trinajstić information content (AvgIpc) is 2.61. The van der Waals surface area contributed by atoms with Crippen LogP contribution < -0.4 is 4.74 Å². The lowest BCUT2D eigenvalue weighted by Gasteiger charge is -2.00. The molecule has 0 amide bonds. The van der Waals surface area contributed by atoms with Crippen molar-refractivity contribution in [2.24, 2.45) is 0 Å². The summed E-state index contributed by atoms with van der Waals surface area (Å²) < 4.78 is 10.6. The monoisotopic (exact) mass is 204 g/mol. The first-order valence-electron chi connectivity index (χ1n) is 4.90. The molecular weight excluding hydrogens is 192 g/mol. The lowest BCUT2D eigenvalue weighted by Crippen LogP contribution is -2.01. The molecule has 78 valence electrons. The van der Waals surface area contributed by atoms with Crippen LogP contribution in [0.25, 0.3) is 11.0 Å². The molecule has 1 aromatic carbocycles. The molecule has 0 atom stereocenters. The standard InChI is InChI=1S/C12H12O3/c1-3-10-7-9-5-4-6-11(12(9)15-10)14-8(2)13/h4-7H,3H2,1-2H3. The van der Waals surface area contributed by atoms with Crippen LogP contribution in [0.4, 0.5) is 0 Å². The highest BCUT2D eigenvalue weighted by Crippen LogP contribution is 2.28. The molecule has 0 aliphatic carbocycles. The fourth-order valence-electron chi connectivity index (χ4n) is 1.50. The zero-order chi connectivity index (χ0) is 10.8. The summed E-state index contributed by atoms with van der Waals surface area (Å²) in [6.07, 6.45) is 0.828. The van der Waals surface area contributed by atoms with Crippen LogP contribution in [0.5, 0.6) is 5.75 Å². The summed E-state index contributed by atoms with van der Waals surface area (Å²) in [5.74, 6) is 1.04. The molecule has 0 bridgehead atoms. The van der Waals surface area contributed by atoms with Gasteiger partial charge in [0.25, 0.3) is 0 Å². The molecule has 15 heavy (non-hydrogen) atoms. The number of hydrogen-bond donors (Lipinski definition) is 0. The molecule has 3 nitrogen and oxygen atoms in total. The van der Waals surface area contributed by atoms with Gasteiger partial charge in [-0.25, -0.2) is 0 Å². The molecule has 0 aliphatic rings. The van der Waals surface area contributed by atoms with Gasteiger partial charge in [0.05, 0.1) is 0 Å². The number of para-hydroxylation sites is 1. The summed E-state index contributed by atoms with van der Waals surface area (Å²) in [4.78, 5) is 10.9. The highest BCUT2D eigenvalue weighted by Gasteiger charge is 2.09. The van der Waals surface area contributed by atoms with Crippen LogP contribution >= 0.6 is 0 Å². The lowest BCUT2D eigenvalue weighted by atomic mass is 10.2. The van der Waals surface area contributed by atoms with Crippen LogP contribution in [0.3, 0.4) is 0 Å². The molecule has 0 radical (unpaired) electrons. The van der Waals surface area contributed by atoms with E-state index < -0.39 is 0 Å². The molecule has 0 saturated heterocycles. The Bertz CT molecular complexity index is 497. The molecule has 0 aliphatic heterocycles. The summed E-state index contributed by atoms with van der Waals surface area (Å²) in [6.45, 7) is 3.39. The second kappa shape index (κ2) is 3.77. The number of carbonyl (C=O) groups is 1. The summed E-state index contributed by atoms with van der Waals surface area (Å²) >= 11 is 0. The van der Waals surface area contributed by atoms with Gasteiger partial charge < -0.3 is 9.15 Å². The van der Waals surface area contributed by atoms with E-state index in [4.69, 9.17) is 9.15 Å². The van der Waals surface area contributed by atoms with Crippen molar-refractivity contribution in [3.05, 3.63) is 30.0 Å². The van der Waals surface area contributed by atoms with E-state index in [9.17, 15) is 4.79 Å². The second-order valence-electron chi connectivity index (χ2n) is 3.33. The van der Waals surface area contributed by atoms with Crippen molar-refractivity contribution in [2.75, 3.05) is 0 Å². The van der Waals surface area contributed by atoms with E-state index in [1.807, 2.05) is 25.1 Å². The summed E-state index contributed by atoms with van der Waals surface area (Å²) in [6, 6.07) is 7.47. The Morgan fingerprint density at radius 2 is 2.27 bits per heavy atom. The molecule has 0 spiro atoms. The Morgan fingerprint density at radius 3 is 2.93 bits per heavy atom. The minimum absolute atomic E-state index is 0.336. The van der Waals surface area contributed by atoms with Gasteiger partial charge in [-0.3, -0.25) is 4.79 Å². The summed E-state index contributed by atoms with van der Waals surface area (Å²) in [5.41, 5.74) is 0.643. The Morgan fingerprint density at radius 1 is 1.47 bits per heavy atom. The van der Waals surface area contributed by atoms with E-state index in [1.54, 1.807) is 6.07 Å². The number of benzene rings is 1. The van der Waals surface area contributed by atoms with Crippen molar-refractivity contribution in [2.45, 2.75) is 20.3 Å². The van der Waals surface area contributed by atoms with Gasteiger partial charge in [-0.15, -0.1) is 0 Å². The van der Waals surface area contributed by atoms with Crippen LogP contribution in [-0.4, -0.2) is 5.97 Å². The maximum atomic E-state index is 10.9. The topological polar surface area (TPSA) is 39.4 Å². The highest BCUT2D eigenvalue weighted by atomic mass is 16.5. The van der Waals surface area contributed by atoms with E-state index >= 15 is 0 Å². The van der Waals surface area contributed by atoms with Crippen molar-refractivity contribution in [3.63, 3.8) is 0 Å². The van der Waals surface area contributed by atoms with Gasteiger partial charge in [-0.1, -0.05) is 19.1 Å². The van der Waals surface area contributed by atoms with Crippen molar-refractivity contribution >= 4 is 16.9 Å². The van der Waals surface area contributed by atoms with Crippen molar-refractivity contribution in [3.8, 4) is 5.75 Å². The first-order valence-corrected chi connectivity index (χ1v) is 4.90. The third kappa shape index (κ3) is 1.86. The van der Waals surface area contributed by atoms with Crippen molar-refractivity contribution in [1.29, 1.82) is 0 Å². The highest BCUT2D eigenvalue weighted by molar-refractivity contribution is 5.86.